The number of hydrogen-bond acceptors (Lipinski definition) is 0. The Balaban J connectivity index is 0.000000711. The van der Waals surface area contributed by atoms with Crippen molar-refractivity contribution in [2.24, 2.45) is 0 Å². The fraction of sp³-hybridized carbons (Fsp3) is 0.333. The molecule has 0 heterocycles. The van der Waals surface area contributed by atoms with E-state index in [4.69, 9.17) is 0 Å². The first-order valence-electron chi connectivity index (χ1n) is 4.37. The molecular formula is C9H6F6I3V. The maximum atomic E-state index is 12.2. The summed E-state index contributed by atoms with van der Waals surface area (Å²) >= 11 is 7.39. The number of halogens is 9. The van der Waals surface area contributed by atoms with Gasteiger partial charge in [-0.05, 0) is 30.7 Å². The second-order valence-corrected chi connectivity index (χ2v) is 38.6. The normalized spacial score (nSPS) is 12.2. The van der Waals surface area contributed by atoms with Gasteiger partial charge in [-0.15, -0.1) is 0 Å². The number of aryl methyl sites for hydroxylation is 1. The van der Waals surface area contributed by atoms with E-state index in [1.165, 1.54) is 6.92 Å². The van der Waals surface area contributed by atoms with Gasteiger partial charge in [0.15, 0.2) is 0 Å². The minimum absolute atomic E-state index is 0.0721. The molecule has 0 aliphatic rings. The Bertz CT molecular complexity index is 380. The van der Waals surface area contributed by atoms with Gasteiger partial charge in [-0.25, -0.2) is 0 Å². The Hall–Kier alpha value is 1.57. The molecule has 0 spiro atoms. The SMILES string of the molecule is Cc1cc(C(F)(F)F)cc(C(F)(F)F)c1.[I][V]([I])[I]. The molecule has 110 valence electrons. The Labute approximate surface area is 143 Å². The Morgan fingerprint density at radius 3 is 1.26 bits per heavy atom. The molecule has 0 atom stereocenters. The van der Waals surface area contributed by atoms with Crippen molar-refractivity contribution in [1.82, 2.24) is 0 Å². The van der Waals surface area contributed by atoms with Crippen LogP contribution in [0.5, 0.6) is 0 Å². The number of benzene rings is 1. The summed E-state index contributed by atoms with van der Waals surface area (Å²) in [7, 11) is 0. The molecule has 1 aromatic rings. The van der Waals surface area contributed by atoms with Crippen LogP contribution < -0.4 is 0 Å². The molecule has 0 amide bonds. The van der Waals surface area contributed by atoms with Gasteiger partial charge in [0.1, 0.15) is 0 Å². The van der Waals surface area contributed by atoms with Crippen molar-refractivity contribution < 1.29 is 31.3 Å². The van der Waals surface area contributed by atoms with E-state index in [1.54, 1.807) is 0 Å². The monoisotopic (exact) mass is 660 g/mol. The van der Waals surface area contributed by atoms with Crippen LogP contribution in [0.4, 0.5) is 26.3 Å². The van der Waals surface area contributed by atoms with Crippen molar-refractivity contribution >= 4 is 59.9 Å². The summed E-state index contributed by atoms with van der Waals surface area (Å²) in [6.45, 7) is 1.18. The molecule has 1 aromatic carbocycles. The van der Waals surface area contributed by atoms with E-state index in [-0.39, 0.29) is 16.6 Å². The molecule has 0 aliphatic heterocycles. The van der Waals surface area contributed by atoms with Gasteiger partial charge in [-0.3, -0.25) is 0 Å². The molecule has 0 nitrogen and oxygen atoms in total. The molecule has 0 bridgehead atoms. The van der Waals surface area contributed by atoms with E-state index in [2.05, 4.69) is 59.9 Å². The van der Waals surface area contributed by atoms with Crippen LogP contribution in [0.15, 0.2) is 18.2 Å². The first-order valence-corrected chi connectivity index (χ1v) is 17.9. The van der Waals surface area contributed by atoms with Crippen LogP contribution in [-0.4, -0.2) is 0 Å². The number of hydrogen-bond donors (Lipinski definition) is 0. The Morgan fingerprint density at radius 2 is 1.05 bits per heavy atom. The topological polar surface area (TPSA) is 0 Å². The quantitative estimate of drug-likeness (QED) is 0.215. The third kappa shape index (κ3) is 9.24. The van der Waals surface area contributed by atoms with Gasteiger partial charge in [0.25, 0.3) is 0 Å². The minimum atomic E-state index is -4.76. The fourth-order valence-electron chi connectivity index (χ4n) is 1.11. The van der Waals surface area contributed by atoms with E-state index < -0.39 is 23.5 Å². The molecule has 0 saturated carbocycles. The van der Waals surface area contributed by atoms with Gasteiger partial charge in [0.05, 0.1) is 11.1 Å². The molecule has 0 saturated heterocycles. The van der Waals surface area contributed by atoms with Gasteiger partial charge in [0.2, 0.25) is 0 Å². The van der Waals surface area contributed by atoms with E-state index in [9.17, 15) is 26.3 Å². The molecule has 0 radical (unpaired) electrons. The predicted octanol–water partition coefficient (Wildman–Crippen LogP) is 6.69. The van der Waals surface area contributed by atoms with Crippen molar-refractivity contribution in [3.8, 4) is 0 Å². The van der Waals surface area contributed by atoms with Crippen molar-refractivity contribution in [2.45, 2.75) is 19.3 Å². The van der Waals surface area contributed by atoms with Gasteiger partial charge in [-0.2, -0.15) is 26.3 Å². The van der Waals surface area contributed by atoms with E-state index in [1.807, 2.05) is 0 Å². The van der Waals surface area contributed by atoms with Crippen molar-refractivity contribution in [3.05, 3.63) is 34.9 Å². The zero-order valence-corrected chi connectivity index (χ0v) is 17.0. The zero-order valence-electron chi connectivity index (χ0n) is 9.08. The molecular weight excluding hydrogens is 654 g/mol. The van der Waals surface area contributed by atoms with Gasteiger partial charge in [-0.1, -0.05) is 0 Å². The van der Waals surface area contributed by atoms with Crippen molar-refractivity contribution in [3.63, 3.8) is 0 Å². The standard InChI is InChI=1S/C9H6F6.3HI.V/c1-5-2-6(8(10,11)12)4-7(3-5)9(13,14)15;;;;/h2-4H,1H3;3*1H;/q;;;;+3/p-3. The van der Waals surface area contributed by atoms with Crippen molar-refractivity contribution in [2.75, 3.05) is 0 Å². The molecule has 19 heavy (non-hydrogen) atoms. The third-order valence-electron chi connectivity index (χ3n) is 1.73. The van der Waals surface area contributed by atoms with E-state index in [0.717, 1.165) is 0 Å². The second-order valence-electron chi connectivity index (χ2n) is 3.27. The second kappa shape index (κ2) is 8.27. The van der Waals surface area contributed by atoms with E-state index in [0.29, 0.717) is 12.1 Å². The van der Waals surface area contributed by atoms with Crippen LogP contribution in [-0.2, 0) is 17.3 Å². The van der Waals surface area contributed by atoms with Crippen LogP contribution in [0.1, 0.15) is 16.7 Å². The summed E-state index contributed by atoms with van der Waals surface area (Å²) in [5.74, 6) is 0. The van der Waals surface area contributed by atoms with Crippen LogP contribution in [0.3, 0.4) is 0 Å². The van der Waals surface area contributed by atoms with Crippen LogP contribution in [0.2, 0.25) is 0 Å². The molecule has 0 aromatic heterocycles. The zero-order chi connectivity index (χ0) is 15.4. The molecule has 0 aliphatic carbocycles. The average molecular weight is 660 g/mol. The summed E-state index contributed by atoms with van der Waals surface area (Å²) in [5.41, 5.74) is -2.64. The maximum absolute atomic E-state index is 12.2. The first kappa shape index (κ1) is 20.6. The van der Waals surface area contributed by atoms with Gasteiger partial charge >= 0.3 is 77.2 Å². The summed E-state index contributed by atoms with van der Waals surface area (Å²) < 4.78 is 73.0. The Kier molecular flexibility index (Phi) is 8.96. The fourth-order valence-corrected chi connectivity index (χ4v) is 1.11. The number of alkyl halides is 6. The van der Waals surface area contributed by atoms with E-state index >= 15 is 0 Å². The summed E-state index contributed by atoms with van der Waals surface area (Å²) in [5, 5.41) is 0. The average Bonchev–Trinajstić information content (AvgIpc) is 2.12. The first-order chi connectivity index (χ1) is 8.34. The molecule has 0 fully saturated rings. The van der Waals surface area contributed by atoms with Crippen LogP contribution in [0, 0.1) is 6.92 Å². The molecule has 10 heteroatoms. The van der Waals surface area contributed by atoms with Gasteiger partial charge < -0.3 is 0 Å². The summed E-state index contributed by atoms with van der Waals surface area (Å²) in [6.07, 6.45) is -9.52. The predicted molar refractivity (Wildman–Crippen MR) is 83.2 cm³/mol. The van der Waals surface area contributed by atoms with Crippen molar-refractivity contribution in [1.29, 1.82) is 0 Å². The molecule has 0 N–H and O–H groups in total. The number of rotatable bonds is 0. The Morgan fingerprint density at radius 1 is 0.789 bits per heavy atom. The molecule has 1 rings (SSSR count). The third-order valence-corrected chi connectivity index (χ3v) is 1.73. The molecule has 0 unspecified atom stereocenters. The van der Waals surface area contributed by atoms with Gasteiger partial charge in [0, 0.05) is 0 Å². The van der Waals surface area contributed by atoms with Crippen LogP contribution >= 0.6 is 59.9 Å². The summed E-state index contributed by atoms with van der Waals surface area (Å²) in [4.78, 5) is -0.278. The summed E-state index contributed by atoms with van der Waals surface area (Å²) in [6, 6.07) is 1.46. The van der Waals surface area contributed by atoms with Crippen LogP contribution in [0.25, 0.3) is 0 Å².